The molecule has 1 amide bonds. The van der Waals surface area contributed by atoms with Crippen LogP contribution in [0.4, 0.5) is 13.2 Å². The zero-order valence-corrected chi connectivity index (χ0v) is 12.1. The van der Waals surface area contributed by atoms with Crippen LogP contribution in [0.25, 0.3) is 0 Å². The largest absolute Gasteiger partial charge is 0.471 e. The van der Waals surface area contributed by atoms with E-state index in [9.17, 15) is 22.8 Å². The predicted molar refractivity (Wildman–Crippen MR) is 68.6 cm³/mol. The molecule has 1 aliphatic carbocycles. The third kappa shape index (κ3) is 2.62. The lowest BCUT2D eigenvalue weighted by Crippen LogP contribution is -2.40. The Morgan fingerprint density at radius 3 is 2.23 bits per heavy atom. The van der Waals surface area contributed by atoms with Gasteiger partial charge in [0.1, 0.15) is 12.4 Å². The summed E-state index contributed by atoms with van der Waals surface area (Å²) in [6.07, 6.45) is 1.40. The molecule has 5 nitrogen and oxygen atoms in total. The summed E-state index contributed by atoms with van der Waals surface area (Å²) in [6, 6.07) is 0. The molecule has 8 heteroatoms. The molecule has 1 saturated carbocycles. The Balaban J connectivity index is 1.62. The Labute approximate surface area is 125 Å². The highest BCUT2D eigenvalue weighted by Gasteiger charge is 2.50. The molecule has 2 fully saturated rings. The molecule has 2 aliphatic rings. The molecule has 1 unspecified atom stereocenters. The Bertz CT molecular complexity index is 597. The van der Waals surface area contributed by atoms with Crippen molar-refractivity contribution in [2.45, 2.75) is 19.0 Å². The topological polar surface area (TPSA) is 46.2 Å². The van der Waals surface area contributed by atoms with Crippen LogP contribution in [0.2, 0.25) is 0 Å². The molecule has 3 atom stereocenters. The van der Waals surface area contributed by atoms with Crippen LogP contribution in [0, 0.1) is 17.8 Å². The molecule has 22 heavy (non-hydrogen) atoms. The number of amides is 1. The molecule has 1 aromatic heterocycles. The number of alkyl halides is 3. The molecule has 0 spiro atoms. The van der Waals surface area contributed by atoms with E-state index in [2.05, 4.69) is 0 Å². The Morgan fingerprint density at radius 1 is 1.18 bits per heavy atom. The van der Waals surface area contributed by atoms with Gasteiger partial charge in [0.25, 0.3) is 6.33 Å². The number of aryl methyl sites for hydroxylation is 1. The van der Waals surface area contributed by atoms with Crippen molar-refractivity contribution in [1.29, 1.82) is 0 Å². The summed E-state index contributed by atoms with van der Waals surface area (Å²) in [7, 11) is 1.81. The number of carbonyl (C=O) groups is 2. The predicted octanol–water partition coefficient (Wildman–Crippen LogP) is 1.000. The summed E-state index contributed by atoms with van der Waals surface area (Å²) in [5.41, 5.74) is 0. The standard InChI is InChI=1S/C14H17F3N3O2/c1-18-2-3-19(8-18)12(21)9-4-10-6-20(7-11(10)5-9)13(22)14(15,16)17/h2-3,8-11H,4-7H2,1H3/q+1/t9?,10-,11+. The van der Waals surface area contributed by atoms with Crippen LogP contribution in [-0.2, 0) is 11.8 Å². The number of fused-ring (bicyclic) bond motifs is 1. The lowest BCUT2D eigenvalue weighted by atomic mass is 10.0. The van der Waals surface area contributed by atoms with E-state index in [4.69, 9.17) is 0 Å². The molecule has 1 saturated heterocycles. The molecule has 3 rings (SSSR count). The number of hydrogen-bond donors (Lipinski definition) is 0. The first-order chi connectivity index (χ1) is 10.3. The van der Waals surface area contributed by atoms with Crippen molar-refractivity contribution in [2.75, 3.05) is 13.1 Å². The number of rotatable bonds is 1. The first kappa shape index (κ1) is 15.1. The van der Waals surface area contributed by atoms with Gasteiger partial charge in [0, 0.05) is 13.1 Å². The summed E-state index contributed by atoms with van der Waals surface area (Å²) in [5.74, 6) is -1.98. The van der Waals surface area contributed by atoms with Gasteiger partial charge < -0.3 is 4.90 Å². The van der Waals surface area contributed by atoms with Gasteiger partial charge in [0.15, 0.2) is 0 Å². The van der Waals surface area contributed by atoms with E-state index in [1.54, 1.807) is 23.3 Å². The van der Waals surface area contributed by atoms with Gasteiger partial charge in [-0.2, -0.15) is 17.7 Å². The van der Waals surface area contributed by atoms with Crippen LogP contribution in [-0.4, -0.2) is 40.5 Å². The highest BCUT2D eigenvalue weighted by molar-refractivity contribution is 5.83. The van der Waals surface area contributed by atoms with Gasteiger partial charge in [-0.3, -0.25) is 4.79 Å². The quantitative estimate of drug-likeness (QED) is 0.726. The van der Waals surface area contributed by atoms with Gasteiger partial charge in [0.05, 0.1) is 13.0 Å². The Kier molecular flexibility index (Phi) is 3.49. The van der Waals surface area contributed by atoms with Crippen LogP contribution >= 0.6 is 0 Å². The smallest absolute Gasteiger partial charge is 0.334 e. The maximum Gasteiger partial charge on any atom is 0.471 e. The summed E-state index contributed by atoms with van der Waals surface area (Å²) >= 11 is 0. The second kappa shape index (κ2) is 5.10. The highest BCUT2D eigenvalue weighted by atomic mass is 19.4. The SMILES string of the molecule is C[n+]1ccn(C(=O)C2C[C@@H]3CN(C(=O)C(F)(F)F)C[C@@H]3C2)c1. The van der Waals surface area contributed by atoms with Crippen molar-refractivity contribution in [2.24, 2.45) is 24.8 Å². The molecular formula is C14H17F3N3O2+. The van der Waals surface area contributed by atoms with Crippen LogP contribution in [0.15, 0.2) is 18.7 Å². The minimum absolute atomic E-state index is 0.00966. The maximum absolute atomic E-state index is 12.5. The van der Waals surface area contributed by atoms with E-state index in [1.165, 1.54) is 4.57 Å². The summed E-state index contributed by atoms with van der Waals surface area (Å²) < 4.78 is 40.6. The number of halogens is 3. The second-order valence-corrected chi connectivity index (χ2v) is 6.22. The number of hydrogen-bond acceptors (Lipinski definition) is 2. The minimum atomic E-state index is -4.81. The van der Waals surface area contributed by atoms with E-state index < -0.39 is 12.1 Å². The molecular weight excluding hydrogens is 299 g/mol. The summed E-state index contributed by atoms with van der Waals surface area (Å²) in [6.45, 7) is 0.207. The number of carbonyl (C=O) groups excluding carboxylic acids is 2. The van der Waals surface area contributed by atoms with Gasteiger partial charge in [-0.15, -0.1) is 0 Å². The monoisotopic (exact) mass is 316 g/mol. The van der Waals surface area contributed by atoms with E-state index in [0.29, 0.717) is 12.8 Å². The zero-order chi connectivity index (χ0) is 16.1. The third-order valence-corrected chi connectivity index (χ3v) is 4.65. The molecule has 0 aromatic carbocycles. The fourth-order valence-corrected chi connectivity index (χ4v) is 3.64. The van der Waals surface area contributed by atoms with Crippen molar-refractivity contribution in [1.82, 2.24) is 9.47 Å². The van der Waals surface area contributed by atoms with Gasteiger partial charge in [0.2, 0.25) is 0 Å². The lowest BCUT2D eigenvalue weighted by Gasteiger charge is -2.19. The average molecular weight is 316 g/mol. The molecule has 0 bridgehead atoms. The van der Waals surface area contributed by atoms with Gasteiger partial charge in [-0.25, -0.2) is 9.36 Å². The number of imidazole rings is 1. The van der Waals surface area contributed by atoms with Gasteiger partial charge >= 0.3 is 18.0 Å². The fraction of sp³-hybridized carbons (Fsp3) is 0.643. The van der Waals surface area contributed by atoms with E-state index >= 15 is 0 Å². The summed E-state index contributed by atoms with van der Waals surface area (Å²) in [5, 5.41) is 0. The lowest BCUT2D eigenvalue weighted by molar-refractivity contribution is -0.670. The van der Waals surface area contributed by atoms with Crippen molar-refractivity contribution >= 4 is 11.8 Å². The average Bonchev–Trinajstić information content (AvgIpc) is 3.09. The molecule has 0 N–H and O–H groups in total. The van der Waals surface area contributed by atoms with Crippen molar-refractivity contribution < 1.29 is 27.3 Å². The first-order valence-electron chi connectivity index (χ1n) is 7.19. The Hall–Kier alpha value is -1.86. The molecule has 0 radical (unpaired) electrons. The van der Waals surface area contributed by atoms with Crippen molar-refractivity contribution in [3.63, 3.8) is 0 Å². The van der Waals surface area contributed by atoms with Crippen LogP contribution in [0.3, 0.4) is 0 Å². The number of aromatic nitrogens is 2. The first-order valence-corrected chi connectivity index (χ1v) is 7.19. The molecule has 1 aromatic rings. The van der Waals surface area contributed by atoms with Crippen LogP contribution in [0.1, 0.15) is 17.6 Å². The zero-order valence-electron chi connectivity index (χ0n) is 12.1. The fourth-order valence-electron chi connectivity index (χ4n) is 3.64. The molecule has 120 valence electrons. The van der Waals surface area contributed by atoms with Gasteiger partial charge in [-0.05, 0) is 24.7 Å². The van der Waals surface area contributed by atoms with Crippen molar-refractivity contribution in [3.8, 4) is 0 Å². The van der Waals surface area contributed by atoms with E-state index in [0.717, 1.165) is 4.90 Å². The molecule has 2 heterocycles. The van der Waals surface area contributed by atoms with Crippen molar-refractivity contribution in [3.05, 3.63) is 18.7 Å². The van der Waals surface area contributed by atoms with Crippen LogP contribution in [0.5, 0.6) is 0 Å². The maximum atomic E-state index is 12.5. The summed E-state index contributed by atoms with van der Waals surface area (Å²) in [4.78, 5) is 24.5. The third-order valence-electron chi connectivity index (χ3n) is 4.65. The normalized spacial score (nSPS) is 28.0. The number of nitrogens with zero attached hydrogens (tertiary/aromatic N) is 3. The number of likely N-dealkylation sites (tertiary alicyclic amines) is 1. The van der Waals surface area contributed by atoms with Gasteiger partial charge in [-0.1, -0.05) is 0 Å². The minimum Gasteiger partial charge on any atom is -0.334 e. The second-order valence-electron chi connectivity index (χ2n) is 6.22. The van der Waals surface area contributed by atoms with Crippen LogP contribution < -0.4 is 4.57 Å². The molecule has 1 aliphatic heterocycles. The highest BCUT2D eigenvalue weighted by Crippen LogP contribution is 2.42. The Morgan fingerprint density at radius 2 is 1.77 bits per heavy atom. The van der Waals surface area contributed by atoms with E-state index in [1.807, 2.05) is 7.05 Å². The van der Waals surface area contributed by atoms with E-state index in [-0.39, 0.29) is 36.8 Å².